The predicted octanol–water partition coefficient (Wildman–Crippen LogP) is 4.13. The molecular formula is C16H22N2OS2. The molecule has 2 N–H and O–H groups in total. The minimum absolute atomic E-state index is 0.194. The van der Waals surface area contributed by atoms with E-state index in [1.807, 2.05) is 6.92 Å². The van der Waals surface area contributed by atoms with Gasteiger partial charge in [-0.05, 0) is 43.7 Å². The zero-order chi connectivity index (χ0) is 14.8. The summed E-state index contributed by atoms with van der Waals surface area (Å²) < 4.78 is 0. The van der Waals surface area contributed by atoms with E-state index < -0.39 is 0 Å². The molecule has 21 heavy (non-hydrogen) atoms. The molecule has 2 heterocycles. The van der Waals surface area contributed by atoms with Crippen molar-refractivity contribution in [2.24, 2.45) is 0 Å². The first-order chi connectivity index (χ1) is 10.1. The number of nitrogens with zero attached hydrogens (tertiary/aromatic N) is 1. The molecule has 114 valence electrons. The molecule has 3 unspecified atom stereocenters. The van der Waals surface area contributed by atoms with Crippen LogP contribution in [0.25, 0.3) is 10.6 Å². The number of nitrogens with one attached hydrogen (secondary N) is 1. The third kappa shape index (κ3) is 3.54. The third-order valence-electron chi connectivity index (χ3n) is 4.18. The Labute approximate surface area is 134 Å². The van der Waals surface area contributed by atoms with Crippen LogP contribution in [-0.2, 0) is 0 Å². The van der Waals surface area contributed by atoms with Crippen molar-refractivity contribution in [3.8, 4) is 10.6 Å². The van der Waals surface area contributed by atoms with Crippen LogP contribution < -0.4 is 5.32 Å². The van der Waals surface area contributed by atoms with Crippen molar-refractivity contribution in [1.82, 2.24) is 10.3 Å². The van der Waals surface area contributed by atoms with Crippen molar-refractivity contribution in [2.45, 2.75) is 57.7 Å². The topological polar surface area (TPSA) is 45.2 Å². The first-order valence-corrected chi connectivity index (χ1v) is 9.34. The molecule has 0 aromatic carbocycles. The molecule has 1 aliphatic rings. The normalized spacial score (nSPS) is 24.1. The standard InChI is InChI=1S/C16H22N2OS2/c1-10(17-13-5-3-4-6-15(13)19)12-7-16(21-8-12)14-9-20-11(2)18-14/h7-10,13,15,17,19H,3-6H2,1-2H3. The quantitative estimate of drug-likeness (QED) is 0.889. The molecule has 3 nitrogen and oxygen atoms in total. The summed E-state index contributed by atoms with van der Waals surface area (Å²) in [6.07, 6.45) is 4.18. The van der Waals surface area contributed by atoms with Gasteiger partial charge in [0.25, 0.3) is 0 Å². The fraction of sp³-hybridized carbons (Fsp3) is 0.562. The van der Waals surface area contributed by atoms with Crippen molar-refractivity contribution in [2.75, 3.05) is 0 Å². The SMILES string of the molecule is Cc1nc(-c2cc(C(C)NC3CCCCC3O)cs2)cs1. The van der Waals surface area contributed by atoms with Crippen LogP contribution in [-0.4, -0.2) is 22.2 Å². The summed E-state index contributed by atoms with van der Waals surface area (Å²) in [5.74, 6) is 0. The van der Waals surface area contributed by atoms with Gasteiger partial charge in [-0.25, -0.2) is 4.98 Å². The minimum Gasteiger partial charge on any atom is -0.392 e. The number of thiazole rings is 1. The molecular weight excluding hydrogens is 300 g/mol. The van der Waals surface area contributed by atoms with E-state index in [1.54, 1.807) is 22.7 Å². The second kappa shape index (κ2) is 6.57. The van der Waals surface area contributed by atoms with Gasteiger partial charge in [0.2, 0.25) is 0 Å². The largest absolute Gasteiger partial charge is 0.392 e. The van der Waals surface area contributed by atoms with Crippen molar-refractivity contribution >= 4 is 22.7 Å². The van der Waals surface area contributed by atoms with Gasteiger partial charge < -0.3 is 10.4 Å². The Kier molecular flexibility index (Phi) is 4.74. The lowest BCUT2D eigenvalue weighted by atomic mass is 9.92. The Bertz CT molecular complexity index is 593. The van der Waals surface area contributed by atoms with Crippen LogP contribution in [0.1, 0.15) is 49.2 Å². The van der Waals surface area contributed by atoms with Gasteiger partial charge in [0.1, 0.15) is 0 Å². The lowest BCUT2D eigenvalue weighted by Gasteiger charge is -2.31. The van der Waals surface area contributed by atoms with Crippen LogP contribution >= 0.6 is 22.7 Å². The van der Waals surface area contributed by atoms with Gasteiger partial charge in [0, 0.05) is 17.5 Å². The highest BCUT2D eigenvalue weighted by atomic mass is 32.1. The number of aryl methyl sites for hydroxylation is 1. The number of hydrogen-bond donors (Lipinski definition) is 2. The number of hydrogen-bond acceptors (Lipinski definition) is 5. The van der Waals surface area contributed by atoms with Crippen molar-refractivity contribution < 1.29 is 5.11 Å². The Morgan fingerprint density at radius 3 is 2.81 bits per heavy atom. The maximum absolute atomic E-state index is 10.1. The van der Waals surface area contributed by atoms with E-state index in [1.165, 1.54) is 16.9 Å². The lowest BCUT2D eigenvalue weighted by molar-refractivity contribution is 0.0860. The highest BCUT2D eigenvalue weighted by Crippen LogP contribution is 2.31. The highest BCUT2D eigenvalue weighted by Gasteiger charge is 2.24. The van der Waals surface area contributed by atoms with Gasteiger partial charge in [-0.3, -0.25) is 0 Å². The molecule has 0 aliphatic heterocycles. The summed E-state index contributed by atoms with van der Waals surface area (Å²) in [7, 11) is 0. The van der Waals surface area contributed by atoms with Crippen LogP contribution in [0.5, 0.6) is 0 Å². The molecule has 1 fully saturated rings. The molecule has 1 saturated carbocycles. The predicted molar refractivity (Wildman–Crippen MR) is 90.0 cm³/mol. The van der Waals surface area contributed by atoms with E-state index in [-0.39, 0.29) is 18.2 Å². The Morgan fingerprint density at radius 1 is 1.29 bits per heavy atom. The number of aliphatic hydroxyl groups is 1. The van der Waals surface area contributed by atoms with Crippen molar-refractivity contribution in [1.29, 1.82) is 0 Å². The first-order valence-electron chi connectivity index (χ1n) is 7.58. The van der Waals surface area contributed by atoms with E-state index >= 15 is 0 Å². The molecule has 1 aliphatic carbocycles. The molecule has 5 heteroatoms. The summed E-state index contributed by atoms with van der Waals surface area (Å²) in [5, 5.41) is 19.1. The molecule has 0 spiro atoms. The van der Waals surface area contributed by atoms with Gasteiger partial charge in [-0.1, -0.05) is 12.8 Å². The second-order valence-corrected chi connectivity index (χ2v) is 7.82. The molecule has 0 saturated heterocycles. The summed E-state index contributed by atoms with van der Waals surface area (Å²) in [4.78, 5) is 5.78. The van der Waals surface area contributed by atoms with E-state index in [4.69, 9.17) is 0 Å². The zero-order valence-corrected chi connectivity index (χ0v) is 14.1. The highest BCUT2D eigenvalue weighted by molar-refractivity contribution is 7.14. The monoisotopic (exact) mass is 322 g/mol. The average Bonchev–Trinajstić information content (AvgIpc) is 3.10. The number of rotatable bonds is 4. The Morgan fingerprint density at radius 2 is 2.10 bits per heavy atom. The maximum Gasteiger partial charge on any atom is 0.0914 e. The Balaban J connectivity index is 1.67. The van der Waals surface area contributed by atoms with Gasteiger partial charge >= 0.3 is 0 Å². The third-order valence-corrected chi connectivity index (χ3v) is 5.93. The zero-order valence-electron chi connectivity index (χ0n) is 12.5. The van der Waals surface area contributed by atoms with Gasteiger partial charge in [-0.15, -0.1) is 22.7 Å². The molecule has 0 amide bonds. The molecule has 3 rings (SSSR count). The van der Waals surface area contributed by atoms with Crippen LogP contribution in [0.15, 0.2) is 16.8 Å². The summed E-state index contributed by atoms with van der Waals surface area (Å²) >= 11 is 3.44. The maximum atomic E-state index is 10.1. The van der Waals surface area contributed by atoms with Gasteiger partial charge in [0.05, 0.1) is 21.7 Å². The molecule has 2 aromatic heterocycles. The molecule has 2 aromatic rings. The first kappa shape index (κ1) is 15.2. The minimum atomic E-state index is -0.194. The van der Waals surface area contributed by atoms with Gasteiger partial charge in [0.15, 0.2) is 0 Å². The average molecular weight is 322 g/mol. The molecule has 0 radical (unpaired) electrons. The van der Waals surface area contributed by atoms with Crippen LogP contribution in [0.3, 0.4) is 0 Å². The van der Waals surface area contributed by atoms with Gasteiger partial charge in [-0.2, -0.15) is 0 Å². The van der Waals surface area contributed by atoms with E-state index in [0.717, 1.165) is 30.0 Å². The fourth-order valence-electron chi connectivity index (χ4n) is 2.91. The van der Waals surface area contributed by atoms with Crippen LogP contribution in [0.4, 0.5) is 0 Å². The number of aliphatic hydroxyl groups excluding tert-OH is 1. The molecule has 3 atom stereocenters. The number of aromatic nitrogens is 1. The summed E-state index contributed by atoms with van der Waals surface area (Å²) in [5.41, 5.74) is 2.37. The van der Waals surface area contributed by atoms with Crippen molar-refractivity contribution in [3.63, 3.8) is 0 Å². The van der Waals surface area contributed by atoms with E-state index in [0.29, 0.717) is 0 Å². The smallest absolute Gasteiger partial charge is 0.0914 e. The summed E-state index contributed by atoms with van der Waals surface area (Å²) in [6, 6.07) is 2.73. The fourth-order valence-corrected chi connectivity index (χ4v) is 4.56. The number of thiophene rings is 1. The lowest BCUT2D eigenvalue weighted by Crippen LogP contribution is -2.43. The van der Waals surface area contributed by atoms with Crippen LogP contribution in [0, 0.1) is 6.92 Å². The van der Waals surface area contributed by atoms with Crippen LogP contribution in [0.2, 0.25) is 0 Å². The van der Waals surface area contributed by atoms with Crippen molar-refractivity contribution in [3.05, 3.63) is 27.4 Å². The van der Waals surface area contributed by atoms with E-state index in [2.05, 4.69) is 34.1 Å². The molecule has 0 bridgehead atoms. The van der Waals surface area contributed by atoms with E-state index in [9.17, 15) is 5.11 Å². The Hall–Kier alpha value is -0.750. The summed E-state index contributed by atoms with van der Waals surface area (Å²) in [6.45, 7) is 4.22. The second-order valence-electron chi connectivity index (χ2n) is 5.84.